The summed E-state index contributed by atoms with van der Waals surface area (Å²) < 4.78 is 9.96. The fourth-order valence-electron chi connectivity index (χ4n) is 0.890. The summed E-state index contributed by atoms with van der Waals surface area (Å²) in [5, 5.41) is 0. The van der Waals surface area contributed by atoms with Gasteiger partial charge in [-0.2, -0.15) is 0 Å². The van der Waals surface area contributed by atoms with Crippen LogP contribution in [0.5, 0.6) is 0 Å². The van der Waals surface area contributed by atoms with Crippen LogP contribution in [0.15, 0.2) is 0 Å². The molecule has 0 aliphatic heterocycles. The Hall–Kier alpha value is -0.610. The maximum atomic E-state index is 11.4. The minimum absolute atomic E-state index is 0.00796. The molecule has 0 radical (unpaired) electrons. The molecular weight excluding hydrogens is 170 g/mol. The highest BCUT2D eigenvalue weighted by Crippen LogP contribution is 1.96. The smallest absolute Gasteiger partial charge is 0.248 e. The molecule has 4 heteroatoms. The van der Waals surface area contributed by atoms with Gasteiger partial charge in [0.2, 0.25) is 5.91 Å². The van der Waals surface area contributed by atoms with Gasteiger partial charge in [0.25, 0.3) is 0 Å². The number of nitrogens with zero attached hydrogens (tertiary/aromatic N) is 1. The van der Waals surface area contributed by atoms with Crippen molar-refractivity contribution in [3.05, 3.63) is 0 Å². The summed E-state index contributed by atoms with van der Waals surface area (Å²) in [4.78, 5) is 13.0. The molecule has 0 fully saturated rings. The Morgan fingerprint density at radius 2 is 2.15 bits per heavy atom. The molecule has 0 aromatic carbocycles. The SMILES string of the molecule is CCOCC(=O)N(C)C(C)COC. The van der Waals surface area contributed by atoms with E-state index in [4.69, 9.17) is 9.47 Å². The van der Waals surface area contributed by atoms with Crippen molar-refractivity contribution in [1.29, 1.82) is 0 Å². The van der Waals surface area contributed by atoms with Crippen LogP contribution < -0.4 is 0 Å². The molecule has 1 atom stereocenters. The van der Waals surface area contributed by atoms with Crippen LogP contribution in [-0.2, 0) is 14.3 Å². The fraction of sp³-hybridized carbons (Fsp3) is 0.889. The van der Waals surface area contributed by atoms with E-state index in [1.54, 1.807) is 19.1 Å². The zero-order valence-electron chi connectivity index (χ0n) is 8.87. The first-order valence-corrected chi connectivity index (χ1v) is 4.45. The van der Waals surface area contributed by atoms with Crippen LogP contribution in [-0.4, -0.2) is 50.8 Å². The van der Waals surface area contributed by atoms with E-state index in [1.165, 1.54) is 0 Å². The van der Waals surface area contributed by atoms with Crippen molar-refractivity contribution in [2.24, 2.45) is 0 Å². The molecule has 0 heterocycles. The molecule has 0 rings (SSSR count). The van der Waals surface area contributed by atoms with Crippen LogP contribution in [0.1, 0.15) is 13.8 Å². The summed E-state index contributed by atoms with van der Waals surface area (Å²) in [5.74, 6) is -0.00796. The third kappa shape index (κ3) is 4.85. The van der Waals surface area contributed by atoms with Gasteiger partial charge in [0.15, 0.2) is 0 Å². The van der Waals surface area contributed by atoms with Crippen molar-refractivity contribution in [1.82, 2.24) is 4.90 Å². The number of amides is 1. The van der Waals surface area contributed by atoms with E-state index in [9.17, 15) is 4.79 Å². The quantitative estimate of drug-likeness (QED) is 0.611. The maximum absolute atomic E-state index is 11.4. The largest absolute Gasteiger partial charge is 0.383 e. The lowest BCUT2D eigenvalue weighted by molar-refractivity contribution is -0.137. The van der Waals surface area contributed by atoms with Crippen LogP contribution >= 0.6 is 0 Å². The van der Waals surface area contributed by atoms with Crippen molar-refractivity contribution in [3.8, 4) is 0 Å². The fourth-order valence-corrected chi connectivity index (χ4v) is 0.890. The summed E-state index contributed by atoms with van der Waals surface area (Å²) in [6.45, 7) is 5.08. The van der Waals surface area contributed by atoms with E-state index in [2.05, 4.69) is 0 Å². The second-order valence-electron chi connectivity index (χ2n) is 2.95. The standard InChI is InChI=1S/C9H19NO3/c1-5-13-7-9(11)10(3)8(2)6-12-4/h8H,5-7H2,1-4H3. The predicted molar refractivity (Wildman–Crippen MR) is 50.6 cm³/mol. The van der Waals surface area contributed by atoms with E-state index in [0.29, 0.717) is 13.2 Å². The molecule has 0 aliphatic rings. The number of carbonyl (C=O) groups is 1. The minimum atomic E-state index is -0.00796. The third-order valence-corrected chi connectivity index (χ3v) is 1.89. The highest BCUT2D eigenvalue weighted by Gasteiger charge is 2.14. The van der Waals surface area contributed by atoms with Crippen molar-refractivity contribution < 1.29 is 14.3 Å². The molecule has 0 aromatic rings. The van der Waals surface area contributed by atoms with E-state index in [-0.39, 0.29) is 18.6 Å². The topological polar surface area (TPSA) is 38.8 Å². The average molecular weight is 189 g/mol. The molecule has 0 bridgehead atoms. The van der Waals surface area contributed by atoms with Gasteiger partial charge in [-0.25, -0.2) is 0 Å². The summed E-state index contributed by atoms with van der Waals surface area (Å²) >= 11 is 0. The van der Waals surface area contributed by atoms with Gasteiger partial charge >= 0.3 is 0 Å². The number of carbonyl (C=O) groups excluding carboxylic acids is 1. The maximum Gasteiger partial charge on any atom is 0.248 e. The van der Waals surface area contributed by atoms with Crippen LogP contribution in [0.2, 0.25) is 0 Å². The Bertz CT molecular complexity index is 150. The highest BCUT2D eigenvalue weighted by molar-refractivity contribution is 5.77. The zero-order valence-corrected chi connectivity index (χ0v) is 8.87. The normalized spacial score (nSPS) is 12.6. The second kappa shape index (κ2) is 6.86. The van der Waals surface area contributed by atoms with Crippen molar-refractivity contribution >= 4 is 5.91 Å². The molecule has 1 unspecified atom stereocenters. The molecular formula is C9H19NO3. The lowest BCUT2D eigenvalue weighted by Crippen LogP contribution is -2.39. The number of rotatable bonds is 6. The van der Waals surface area contributed by atoms with Crippen LogP contribution in [0.4, 0.5) is 0 Å². The molecule has 1 amide bonds. The number of ether oxygens (including phenoxy) is 2. The third-order valence-electron chi connectivity index (χ3n) is 1.89. The van der Waals surface area contributed by atoms with Gasteiger partial charge in [0, 0.05) is 20.8 Å². The Kier molecular flexibility index (Phi) is 6.54. The Labute approximate surface area is 79.8 Å². The Morgan fingerprint density at radius 1 is 1.54 bits per heavy atom. The highest BCUT2D eigenvalue weighted by atomic mass is 16.5. The summed E-state index contributed by atoms with van der Waals surface area (Å²) in [6, 6.07) is 0.0953. The van der Waals surface area contributed by atoms with Crippen molar-refractivity contribution in [3.63, 3.8) is 0 Å². The molecule has 0 saturated carbocycles. The molecule has 0 aliphatic carbocycles. The lowest BCUT2D eigenvalue weighted by atomic mass is 10.3. The van der Waals surface area contributed by atoms with Gasteiger partial charge in [-0.3, -0.25) is 4.79 Å². The zero-order chi connectivity index (χ0) is 10.3. The summed E-state index contributed by atoms with van der Waals surface area (Å²) in [6.07, 6.45) is 0. The van der Waals surface area contributed by atoms with Gasteiger partial charge in [-0.15, -0.1) is 0 Å². The Morgan fingerprint density at radius 3 is 2.62 bits per heavy atom. The van der Waals surface area contributed by atoms with Gasteiger partial charge < -0.3 is 14.4 Å². The van der Waals surface area contributed by atoms with E-state index >= 15 is 0 Å². The van der Waals surface area contributed by atoms with Crippen LogP contribution in [0, 0.1) is 0 Å². The molecule has 0 aromatic heterocycles. The molecule has 4 nitrogen and oxygen atoms in total. The molecule has 0 spiro atoms. The number of likely N-dealkylation sites (N-methyl/N-ethyl adjacent to an activating group) is 1. The molecule has 13 heavy (non-hydrogen) atoms. The van der Waals surface area contributed by atoms with Crippen LogP contribution in [0.3, 0.4) is 0 Å². The van der Waals surface area contributed by atoms with Gasteiger partial charge in [0.05, 0.1) is 12.6 Å². The number of methoxy groups -OCH3 is 1. The van der Waals surface area contributed by atoms with E-state index < -0.39 is 0 Å². The second-order valence-corrected chi connectivity index (χ2v) is 2.95. The van der Waals surface area contributed by atoms with Gasteiger partial charge in [-0.1, -0.05) is 0 Å². The van der Waals surface area contributed by atoms with Crippen molar-refractivity contribution in [2.75, 3.05) is 34.0 Å². The van der Waals surface area contributed by atoms with Crippen molar-refractivity contribution in [2.45, 2.75) is 19.9 Å². The molecule has 78 valence electrons. The molecule has 0 N–H and O–H groups in total. The van der Waals surface area contributed by atoms with E-state index in [0.717, 1.165) is 0 Å². The Balaban J connectivity index is 3.79. The lowest BCUT2D eigenvalue weighted by Gasteiger charge is -2.24. The summed E-state index contributed by atoms with van der Waals surface area (Å²) in [5.41, 5.74) is 0. The predicted octanol–water partition coefficient (Wildman–Crippen LogP) is 0.516. The number of hydrogen-bond acceptors (Lipinski definition) is 3. The monoisotopic (exact) mass is 189 g/mol. The van der Waals surface area contributed by atoms with Gasteiger partial charge in [-0.05, 0) is 13.8 Å². The first-order chi connectivity index (χ1) is 6.13. The first-order valence-electron chi connectivity index (χ1n) is 4.45. The number of hydrogen-bond donors (Lipinski definition) is 0. The minimum Gasteiger partial charge on any atom is -0.383 e. The first kappa shape index (κ1) is 12.4. The van der Waals surface area contributed by atoms with E-state index in [1.807, 2.05) is 13.8 Å². The van der Waals surface area contributed by atoms with Crippen LogP contribution in [0.25, 0.3) is 0 Å². The average Bonchev–Trinajstić information content (AvgIpc) is 2.13. The molecule has 0 saturated heterocycles. The van der Waals surface area contributed by atoms with Gasteiger partial charge in [0.1, 0.15) is 6.61 Å². The summed E-state index contributed by atoms with van der Waals surface area (Å²) in [7, 11) is 3.38.